The van der Waals surface area contributed by atoms with Crippen molar-refractivity contribution in [2.45, 2.75) is 143 Å². The summed E-state index contributed by atoms with van der Waals surface area (Å²) in [7, 11) is 0. The zero-order valence-corrected chi connectivity index (χ0v) is 36.7. The number of unbranched alkanes of at least 4 members (excludes halogenated alkanes) is 2. The fourth-order valence-corrected chi connectivity index (χ4v) is 7.84. The van der Waals surface area contributed by atoms with Gasteiger partial charge in [-0.15, -0.1) is 11.3 Å². The van der Waals surface area contributed by atoms with Gasteiger partial charge in [-0.05, 0) is 93.9 Å². The molecule has 1 aliphatic heterocycles. The van der Waals surface area contributed by atoms with Crippen LogP contribution in [0.1, 0.15) is 115 Å². The third kappa shape index (κ3) is 15.4. The normalized spacial score (nSPS) is 15.3. The molecule has 3 unspecified atom stereocenters. The summed E-state index contributed by atoms with van der Waals surface area (Å²) < 4.78 is 11.4. The molecule has 1 saturated heterocycles. The number of benzene rings is 2. The Morgan fingerprint density at radius 3 is 2.29 bits per heavy atom. The van der Waals surface area contributed by atoms with Crippen molar-refractivity contribution in [2.24, 2.45) is 11.1 Å². The Bertz CT molecular complexity index is 1870. The number of carbonyl (C=O) groups is 5. The molecule has 322 valence electrons. The van der Waals surface area contributed by atoms with Crippen LogP contribution < -0.4 is 21.7 Å². The maximum atomic E-state index is 14.0. The molecule has 0 saturated carbocycles. The fraction of sp³-hybridized carbons (Fsp3) is 0.556. The van der Waals surface area contributed by atoms with Crippen LogP contribution in [0.15, 0.2) is 54.0 Å². The molecule has 0 bridgehead atoms. The highest BCUT2D eigenvalue weighted by molar-refractivity contribution is 7.13. The molecule has 0 radical (unpaired) electrons. The van der Waals surface area contributed by atoms with Gasteiger partial charge in [-0.3, -0.25) is 19.2 Å². The predicted molar refractivity (Wildman–Crippen MR) is 230 cm³/mol. The number of hydrogen-bond donors (Lipinski definition) is 4. The van der Waals surface area contributed by atoms with Gasteiger partial charge in [0.2, 0.25) is 23.6 Å². The molecule has 14 heteroatoms. The van der Waals surface area contributed by atoms with E-state index in [4.69, 9.17) is 15.2 Å². The summed E-state index contributed by atoms with van der Waals surface area (Å²) in [5, 5.41) is 8.83. The number of rotatable bonds is 20. The second-order valence-electron chi connectivity index (χ2n) is 17.4. The van der Waals surface area contributed by atoms with Crippen LogP contribution in [0.2, 0.25) is 0 Å². The summed E-state index contributed by atoms with van der Waals surface area (Å²) in [6.45, 7) is 14.4. The molecular weight excluding hydrogens is 769 g/mol. The number of aromatic nitrogens is 1. The lowest BCUT2D eigenvalue weighted by atomic mass is 9.85. The van der Waals surface area contributed by atoms with E-state index in [0.717, 1.165) is 58.5 Å². The minimum Gasteiger partial charge on any atom is -0.444 e. The maximum absolute atomic E-state index is 14.0. The number of nitrogens with zero attached hydrogens (tertiary/aromatic N) is 2. The summed E-state index contributed by atoms with van der Waals surface area (Å²) in [5.41, 5.74) is 11.2. The van der Waals surface area contributed by atoms with Crippen molar-refractivity contribution < 1.29 is 33.4 Å². The number of nitrogens with one attached hydrogen (secondary N) is 3. The Morgan fingerprint density at radius 2 is 1.64 bits per heavy atom. The number of ether oxygens (including phenoxy) is 2. The molecule has 5 amide bonds. The van der Waals surface area contributed by atoms with E-state index in [9.17, 15) is 24.0 Å². The Labute approximate surface area is 353 Å². The molecule has 2 aromatic carbocycles. The van der Waals surface area contributed by atoms with E-state index in [2.05, 4.69) is 27.0 Å². The highest BCUT2D eigenvalue weighted by Crippen LogP contribution is 2.28. The second-order valence-corrected chi connectivity index (χ2v) is 18.3. The number of primary amides is 1. The summed E-state index contributed by atoms with van der Waals surface area (Å²) in [6, 6.07) is 14.2. The number of hydrogen-bond acceptors (Lipinski definition) is 9. The number of aryl methyl sites for hydroxylation is 2. The van der Waals surface area contributed by atoms with E-state index in [0.29, 0.717) is 39.0 Å². The minimum atomic E-state index is -0.771. The molecule has 4 rings (SSSR count). The summed E-state index contributed by atoms with van der Waals surface area (Å²) in [4.78, 5) is 71.5. The van der Waals surface area contributed by atoms with Gasteiger partial charge < -0.3 is 36.1 Å². The van der Waals surface area contributed by atoms with Crippen molar-refractivity contribution in [3.63, 3.8) is 0 Å². The van der Waals surface area contributed by atoms with Crippen LogP contribution in [0.25, 0.3) is 10.4 Å². The lowest BCUT2D eigenvalue weighted by Gasteiger charge is -2.35. The Hall–Kier alpha value is -4.82. The summed E-state index contributed by atoms with van der Waals surface area (Å²) in [5.74, 6) is -1.06. The smallest absolute Gasteiger partial charge is 0.407 e. The first kappa shape index (κ1) is 46.9. The molecule has 1 aromatic heterocycles. The van der Waals surface area contributed by atoms with Gasteiger partial charge in [0.1, 0.15) is 17.7 Å². The van der Waals surface area contributed by atoms with E-state index in [1.54, 1.807) is 37.0 Å². The predicted octanol–water partition coefficient (Wildman–Crippen LogP) is 6.74. The molecular formula is C45H64N6O7S. The largest absolute Gasteiger partial charge is 0.444 e. The lowest BCUT2D eigenvalue weighted by Crippen LogP contribution is -2.57. The molecule has 1 aliphatic rings. The quantitative estimate of drug-likeness (QED) is 0.0904. The number of nitrogens with two attached hydrogens (primary N) is 1. The van der Waals surface area contributed by atoms with Crippen molar-refractivity contribution in [3.8, 4) is 10.4 Å². The topological polar surface area (TPSA) is 182 Å². The molecule has 3 atom stereocenters. The SMILES string of the molecule is Cc1ncsc1-c1ccc(CNC(=O)C2CCCN2C(=O)C(NC(=O)CCCCCc2ccccc2COCC(CCC(N)=O)NC(=O)OC(C)(C)C)C(C)(C)C)cc1. The average molecular weight is 833 g/mol. The molecule has 3 aromatic rings. The number of thiazole rings is 1. The van der Waals surface area contributed by atoms with Gasteiger partial charge >= 0.3 is 6.09 Å². The van der Waals surface area contributed by atoms with Crippen LogP contribution in [-0.4, -0.2) is 76.5 Å². The third-order valence-corrected chi connectivity index (χ3v) is 11.2. The molecule has 1 fully saturated rings. The third-order valence-electron chi connectivity index (χ3n) is 10.2. The van der Waals surface area contributed by atoms with Gasteiger partial charge in [0.15, 0.2) is 0 Å². The van der Waals surface area contributed by atoms with Gasteiger partial charge in [-0.2, -0.15) is 0 Å². The van der Waals surface area contributed by atoms with Gasteiger partial charge in [0, 0.05) is 25.9 Å². The highest BCUT2D eigenvalue weighted by atomic mass is 32.1. The first-order valence-corrected chi connectivity index (χ1v) is 21.6. The average Bonchev–Trinajstić information content (AvgIpc) is 3.84. The number of amides is 5. The van der Waals surface area contributed by atoms with Gasteiger partial charge in [0.05, 0.1) is 35.3 Å². The van der Waals surface area contributed by atoms with E-state index in [1.165, 1.54) is 0 Å². The number of likely N-dealkylation sites (tertiary alicyclic amines) is 1. The van der Waals surface area contributed by atoms with Crippen molar-refractivity contribution in [1.29, 1.82) is 0 Å². The van der Waals surface area contributed by atoms with Crippen molar-refractivity contribution in [2.75, 3.05) is 13.2 Å². The van der Waals surface area contributed by atoms with E-state index in [1.807, 2.05) is 75.7 Å². The highest BCUT2D eigenvalue weighted by Gasteiger charge is 2.41. The van der Waals surface area contributed by atoms with E-state index >= 15 is 0 Å². The van der Waals surface area contributed by atoms with Crippen LogP contribution in [0.3, 0.4) is 0 Å². The standard InChI is InChI=1S/C45H64N6O7S/c1-30-39(59-29-48-30)33-21-19-31(20-22-33)26-47-41(54)36-17-13-25-51(36)42(55)40(44(2,3)4)50-38(53)18-10-8-9-14-32-15-11-12-16-34(32)27-57-28-35(23-24-37(46)52)49-43(56)58-45(5,6)7/h11-12,15-16,19-22,29,35-36,40H,8-10,13-14,17-18,23-28H2,1-7H3,(H2,46,52)(H,47,54)(H,49,56)(H,50,53). The van der Waals surface area contributed by atoms with E-state index < -0.39 is 41.1 Å². The lowest BCUT2D eigenvalue weighted by molar-refractivity contribution is -0.143. The van der Waals surface area contributed by atoms with Gasteiger partial charge in [-0.1, -0.05) is 75.7 Å². The molecule has 5 N–H and O–H groups in total. The Balaban J connectivity index is 1.22. The minimum absolute atomic E-state index is 0.107. The zero-order valence-electron chi connectivity index (χ0n) is 35.9. The van der Waals surface area contributed by atoms with Crippen molar-refractivity contribution in [3.05, 3.63) is 76.4 Å². The van der Waals surface area contributed by atoms with Crippen LogP contribution >= 0.6 is 11.3 Å². The Kier molecular flexibility index (Phi) is 17.5. The fourth-order valence-electron chi connectivity index (χ4n) is 7.03. The first-order valence-electron chi connectivity index (χ1n) is 20.7. The van der Waals surface area contributed by atoms with Crippen LogP contribution in [0.5, 0.6) is 0 Å². The first-order chi connectivity index (χ1) is 27.9. The van der Waals surface area contributed by atoms with Crippen molar-refractivity contribution in [1.82, 2.24) is 25.8 Å². The Morgan fingerprint density at radius 1 is 0.932 bits per heavy atom. The van der Waals surface area contributed by atoms with Gasteiger partial charge in [0.25, 0.3) is 0 Å². The molecule has 13 nitrogen and oxygen atoms in total. The maximum Gasteiger partial charge on any atom is 0.407 e. The van der Waals surface area contributed by atoms with Gasteiger partial charge in [-0.25, -0.2) is 9.78 Å². The zero-order chi connectivity index (χ0) is 43.2. The summed E-state index contributed by atoms with van der Waals surface area (Å²) >= 11 is 1.60. The van der Waals surface area contributed by atoms with Crippen molar-refractivity contribution >= 4 is 41.1 Å². The van der Waals surface area contributed by atoms with Crippen LogP contribution in [0.4, 0.5) is 4.79 Å². The van der Waals surface area contributed by atoms with E-state index in [-0.39, 0.29) is 37.2 Å². The second kappa shape index (κ2) is 22.0. The van der Waals surface area contributed by atoms with Crippen LogP contribution in [-0.2, 0) is 48.2 Å². The monoisotopic (exact) mass is 832 g/mol. The summed E-state index contributed by atoms with van der Waals surface area (Å²) in [6.07, 6.45) is 4.55. The van der Waals surface area contributed by atoms with Crippen LogP contribution in [0, 0.1) is 12.3 Å². The number of alkyl carbamates (subject to hydrolysis) is 1. The molecule has 0 spiro atoms. The molecule has 0 aliphatic carbocycles. The molecule has 2 heterocycles. The number of carbonyl (C=O) groups excluding carboxylic acids is 5. The molecule has 59 heavy (non-hydrogen) atoms.